The van der Waals surface area contributed by atoms with Crippen LogP contribution in [0.5, 0.6) is 0 Å². The van der Waals surface area contributed by atoms with Crippen LogP contribution in [0.2, 0.25) is 0 Å². The van der Waals surface area contributed by atoms with Gasteiger partial charge in [-0.15, -0.1) is 0 Å². The van der Waals surface area contributed by atoms with E-state index in [4.69, 9.17) is 9.47 Å². The molecule has 4 fully saturated rings. The van der Waals surface area contributed by atoms with Gasteiger partial charge >= 0.3 is 0 Å². The molecule has 1 spiro atoms. The van der Waals surface area contributed by atoms with Crippen molar-refractivity contribution in [1.29, 1.82) is 0 Å². The van der Waals surface area contributed by atoms with Gasteiger partial charge in [0.2, 0.25) is 11.8 Å². The van der Waals surface area contributed by atoms with Crippen LogP contribution in [0.1, 0.15) is 19.3 Å². The van der Waals surface area contributed by atoms with Crippen molar-refractivity contribution < 1.29 is 19.1 Å². The lowest BCUT2D eigenvalue weighted by atomic mass is 10.0. The van der Waals surface area contributed by atoms with E-state index in [0.29, 0.717) is 26.3 Å². The van der Waals surface area contributed by atoms with E-state index in [1.54, 1.807) is 0 Å². The first kappa shape index (κ1) is 16.3. The highest BCUT2D eigenvalue weighted by Crippen LogP contribution is 2.42. The predicted octanol–water partition coefficient (Wildman–Crippen LogP) is -0.238. The maximum Gasteiger partial charge on any atom is 0.226 e. The first-order valence-electron chi connectivity index (χ1n) is 9.12. The van der Waals surface area contributed by atoms with Crippen molar-refractivity contribution in [2.45, 2.75) is 25.0 Å². The van der Waals surface area contributed by atoms with Gasteiger partial charge in [-0.2, -0.15) is 0 Å². The number of hydrogen-bond acceptors (Lipinski definition) is 5. The second-order valence-corrected chi connectivity index (χ2v) is 7.51. The molecule has 1 aliphatic carbocycles. The molecular formula is C17H27N3O4. The Morgan fingerprint density at radius 3 is 1.88 bits per heavy atom. The normalized spacial score (nSPS) is 33.0. The second-order valence-electron chi connectivity index (χ2n) is 7.51. The van der Waals surface area contributed by atoms with E-state index in [9.17, 15) is 9.59 Å². The number of piperazine rings is 1. The molecule has 2 atom stereocenters. The van der Waals surface area contributed by atoms with Crippen LogP contribution in [0.25, 0.3) is 0 Å². The van der Waals surface area contributed by atoms with Crippen molar-refractivity contribution in [2.75, 3.05) is 59.5 Å². The maximum atomic E-state index is 12.7. The number of likely N-dealkylation sites (N-methyl/N-ethyl adjacent to an activating group) is 1. The Morgan fingerprint density at radius 2 is 1.33 bits per heavy atom. The Balaban J connectivity index is 1.27. The molecule has 7 nitrogen and oxygen atoms in total. The van der Waals surface area contributed by atoms with Gasteiger partial charge in [0.1, 0.15) is 0 Å². The van der Waals surface area contributed by atoms with Crippen LogP contribution in [0.4, 0.5) is 0 Å². The largest absolute Gasteiger partial charge is 0.347 e. The molecule has 0 radical (unpaired) electrons. The van der Waals surface area contributed by atoms with Gasteiger partial charge in [0.05, 0.1) is 25.0 Å². The summed E-state index contributed by atoms with van der Waals surface area (Å²) in [6.45, 7) is 6.06. The van der Waals surface area contributed by atoms with Gasteiger partial charge in [0.25, 0.3) is 0 Å². The standard InChI is InChI=1S/C17H27N3O4/c1-18-6-8-20(9-7-18)16(22)14-12-13(14)15(21)19-4-2-17(3-5-19)23-10-11-24-17/h13-14H,2-12H2,1H3. The van der Waals surface area contributed by atoms with Crippen LogP contribution in [0.15, 0.2) is 0 Å². The maximum absolute atomic E-state index is 12.7. The van der Waals surface area contributed by atoms with Crippen LogP contribution in [-0.4, -0.2) is 91.8 Å². The monoisotopic (exact) mass is 337 g/mol. The van der Waals surface area contributed by atoms with E-state index in [0.717, 1.165) is 45.4 Å². The smallest absolute Gasteiger partial charge is 0.226 e. The molecule has 4 aliphatic rings. The molecule has 7 heteroatoms. The quantitative estimate of drug-likeness (QED) is 0.696. The van der Waals surface area contributed by atoms with Crippen molar-refractivity contribution in [3.05, 3.63) is 0 Å². The van der Waals surface area contributed by atoms with E-state index in [-0.39, 0.29) is 23.7 Å². The first-order chi connectivity index (χ1) is 11.6. The molecule has 2 amide bonds. The molecule has 24 heavy (non-hydrogen) atoms. The number of hydrogen-bond donors (Lipinski definition) is 0. The van der Waals surface area contributed by atoms with Gasteiger partial charge in [0.15, 0.2) is 5.79 Å². The number of ether oxygens (including phenoxy) is 2. The molecule has 3 saturated heterocycles. The zero-order chi connectivity index (χ0) is 16.7. The zero-order valence-electron chi connectivity index (χ0n) is 14.4. The summed E-state index contributed by atoms with van der Waals surface area (Å²) in [6, 6.07) is 0. The number of carbonyl (C=O) groups is 2. The van der Waals surface area contributed by atoms with Crippen molar-refractivity contribution >= 4 is 11.8 Å². The summed E-state index contributed by atoms with van der Waals surface area (Å²) in [6.07, 6.45) is 2.20. The number of piperidine rings is 1. The molecular weight excluding hydrogens is 310 g/mol. The Hall–Kier alpha value is -1.18. The van der Waals surface area contributed by atoms with E-state index >= 15 is 0 Å². The second kappa shape index (κ2) is 6.28. The number of likely N-dealkylation sites (tertiary alicyclic amines) is 1. The summed E-state index contributed by atoms with van der Waals surface area (Å²) < 4.78 is 11.4. The fraction of sp³-hybridized carbons (Fsp3) is 0.882. The molecule has 0 aromatic rings. The van der Waals surface area contributed by atoms with Gasteiger partial charge in [-0.3, -0.25) is 9.59 Å². The average Bonchev–Trinajstić information content (AvgIpc) is 3.29. The van der Waals surface area contributed by atoms with Gasteiger partial charge in [-0.1, -0.05) is 0 Å². The van der Waals surface area contributed by atoms with Gasteiger partial charge in [-0.05, 0) is 13.5 Å². The number of amides is 2. The molecule has 0 N–H and O–H groups in total. The highest BCUT2D eigenvalue weighted by Gasteiger charge is 2.52. The average molecular weight is 337 g/mol. The van der Waals surface area contributed by atoms with Crippen molar-refractivity contribution in [3.63, 3.8) is 0 Å². The van der Waals surface area contributed by atoms with Crippen LogP contribution in [0.3, 0.4) is 0 Å². The van der Waals surface area contributed by atoms with Crippen LogP contribution in [0, 0.1) is 11.8 Å². The minimum absolute atomic E-state index is 0.0872. The first-order valence-corrected chi connectivity index (χ1v) is 9.12. The molecule has 0 aromatic heterocycles. The van der Waals surface area contributed by atoms with E-state index in [1.165, 1.54) is 0 Å². The number of nitrogens with zero attached hydrogens (tertiary/aromatic N) is 3. The Bertz CT molecular complexity index is 502. The van der Waals surface area contributed by atoms with E-state index in [2.05, 4.69) is 11.9 Å². The Kier molecular flexibility index (Phi) is 4.26. The fourth-order valence-corrected chi connectivity index (χ4v) is 4.09. The predicted molar refractivity (Wildman–Crippen MR) is 86.1 cm³/mol. The third-order valence-electron chi connectivity index (χ3n) is 5.89. The lowest BCUT2D eigenvalue weighted by Crippen LogP contribution is -2.49. The van der Waals surface area contributed by atoms with Gasteiger partial charge < -0.3 is 24.2 Å². The topological polar surface area (TPSA) is 62.3 Å². The van der Waals surface area contributed by atoms with Crippen LogP contribution in [-0.2, 0) is 19.1 Å². The summed E-state index contributed by atoms with van der Waals surface area (Å²) in [5.41, 5.74) is 0. The minimum Gasteiger partial charge on any atom is -0.347 e. The lowest BCUT2D eigenvalue weighted by Gasteiger charge is -2.37. The van der Waals surface area contributed by atoms with Crippen LogP contribution < -0.4 is 0 Å². The molecule has 4 rings (SSSR count). The summed E-state index contributed by atoms with van der Waals surface area (Å²) in [7, 11) is 2.08. The van der Waals surface area contributed by atoms with Gasteiger partial charge in [0, 0.05) is 52.1 Å². The molecule has 134 valence electrons. The molecule has 3 aliphatic heterocycles. The highest BCUT2D eigenvalue weighted by molar-refractivity contribution is 5.92. The van der Waals surface area contributed by atoms with E-state index < -0.39 is 5.79 Å². The summed E-state index contributed by atoms with van der Waals surface area (Å²) in [5.74, 6) is -0.310. The minimum atomic E-state index is -0.449. The fourth-order valence-electron chi connectivity index (χ4n) is 4.09. The third-order valence-corrected chi connectivity index (χ3v) is 5.89. The lowest BCUT2D eigenvalue weighted by molar-refractivity contribution is -0.187. The van der Waals surface area contributed by atoms with Gasteiger partial charge in [-0.25, -0.2) is 0 Å². The SMILES string of the molecule is CN1CCN(C(=O)C2CC2C(=O)N2CCC3(CC2)OCCO3)CC1. The van der Waals surface area contributed by atoms with E-state index in [1.807, 2.05) is 9.80 Å². The van der Waals surface area contributed by atoms with Crippen LogP contribution >= 0.6 is 0 Å². The van der Waals surface area contributed by atoms with Crippen molar-refractivity contribution in [3.8, 4) is 0 Å². The molecule has 3 heterocycles. The number of carbonyl (C=O) groups excluding carboxylic acids is 2. The molecule has 1 saturated carbocycles. The number of rotatable bonds is 2. The Morgan fingerprint density at radius 1 is 0.833 bits per heavy atom. The zero-order valence-corrected chi connectivity index (χ0v) is 14.4. The molecule has 0 bridgehead atoms. The highest BCUT2D eigenvalue weighted by atomic mass is 16.7. The summed E-state index contributed by atoms with van der Waals surface area (Å²) >= 11 is 0. The molecule has 2 unspecified atom stereocenters. The van der Waals surface area contributed by atoms with Crippen molar-refractivity contribution in [1.82, 2.24) is 14.7 Å². The Labute approximate surface area is 142 Å². The third kappa shape index (κ3) is 3.05. The molecule has 0 aromatic carbocycles. The summed E-state index contributed by atoms with van der Waals surface area (Å²) in [5, 5.41) is 0. The summed E-state index contributed by atoms with van der Waals surface area (Å²) in [4.78, 5) is 31.3. The van der Waals surface area contributed by atoms with Crippen molar-refractivity contribution in [2.24, 2.45) is 11.8 Å².